The van der Waals surface area contributed by atoms with Crippen LogP contribution in [-0.2, 0) is 25.4 Å². The fraction of sp³-hybridized carbons (Fsp3) is 0.400. The van der Waals surface area contributed by atoms with E-state index in [2.05, 4.69) is 10.3 Å². The second-order valence-corrected chi connectivity index (χ2v) is 10.6. The number of nitrogens with zero attached hydrogens (tertiary/aromatic N) is 5. The van der Waals surface area contributed by atoms with E-state index in [0.717, 1.165) is 9.13 Å². The van der Waals surface area contributed by atoms with Crippen LogP contribution in [0.5, 0.6) is 0 Å². The number of carbonyl (C=O) groups excluding carboxylic acids is 1. The van der Waals surface area contributed by atoms with E-state index in [9.17, 15) is 24.3 Å². The van der Waals surface area contributed by atoms with E-state index in [4.69, 9.17) is 16.3 Å². The normalized spacial score (nSPS) is 12.7. The molecule has 13 heteroatoms. The first-order valence-corrected chi connectivity index (χ1v) is 12.2. The summed E-state index contributed by atoms with van der Waals surface area (Å²) in [6.07, 6.45) is -1.84. The SMILES string of the molecule is CC(CNC(=O)OC(C)(C)C)c1nc2c(c(=O)n(Cc3cc4c(Cl)cccc4n3C(=O)O)c(=O)n2C)n1C. The summed E-state index contributed by atoms with van der Waals surface area (Å²) in [4.78, 5) is 55.5. The molecule has 4 aromatic rings. The average molecular weight is 545 g/mol. The minimum Gasteiger partial charge on any atom is -0.464 e. The predicted molar refractivity (Wildman–Crippen MR) is 142 cm³/mol. The number of hydrogen-bond acceptors (Lipinski definition) is 6. The lowest BCUT2D eigenvalue weighted by molar-refractivity contribution is 0.0524. The van der Waals surface area contributed by atoms with Gasteiger partial charge in [0.1, 0.15) is 11.4 Å². The Hall–Kier alpha value is -4.06. The van der Waals surface area contributed by atoms with Crippen molar-refractivity contribution >= 4 is 45.9 Å². The highest BCUT2D eigenvalue weighted by atomic mass is 35.5. The van der Waals surface area contributed by atoms with Gasteiger partial charge in [0, 0.05) is 37.0 Å². The standard InChI is InChI=1S/C25H29ClN6O6/c1-13(11-27-22(34)38-25(2,3)4)19-28-20-18(29(19)5)21(33)31(23(35)30(20)6)12-14-10-15-16(26)8-7-9-17(15)32(14)24(36)37/h7-10,13H,11-12H2,1-6H3,(H,27,34)(H,36,37). The molecule has 1 atom stereocenters. The number of fused-ring (bicyclic) bond motifs is 2. The maximum Gasteiger partial charge on any atom is 0.416 e. The van der Waals surface area contributed by atoms with Crippen molar-refractivity contribution < 1.29 is 19.4 Å². The summed E-state index contributed by atoms with van der Waals surface area (Å²) in [5.74, 6) is 0.159. The molecule has 38 heavy (non-hydrogen) atoms. The maximum absolute atomic E-state index is 13.6. The quantitative estimate of drug-likeness (QED) is 0.392. The molecule has 12 nitrogen and oxygen atoms in total. The van der Waals surface area contributed by atoms with Crippen molar-refractivity contribution in [2.45, 2.75) is 45.8 Å². The maximum atomic E-state index is 13.6. The van der Waals surface area contributed by atoms with E-state index in [0.29, 0.717) is 21.7 Å². The van der Waals surface area contributed by atoms with E-state index >= 15 is 0 Å². The van der Waals surface area contributed by atoms with Crippen LogP contribution in [0.25, 0.3) is 22.1 Å². The second kappa shape index (κ2) is 9.67. The van der Waals surface area contributed by atoms with Crippen LogP contribution in [0.15, 0.2) is 33.9 Å². The van der Waals surface area contributed by atoms with Gasteiger partial charge < -0.3 is 19.7 Å². The molecule has 0 spiro atoms. The van der Waals surface area contributed by atoms with Gasteiger partial charge in [0.25, 0.3) is 5.56 Å². The van der Waals surface area contributed by atoms with Crippen LogP contribution in [-0.4, -0.2) is 52.7 Å². The number of imidazole rings is 1. The Balaban J connectivity index is 1.76. The van der Waals surface area contributed by atoms with Gasteiger partial charge in [-0.15, -0.1) is 0 Å². The number of aryl methyl sites for hydroxylation is 2. The van der Waals surface area contributed by atoms with Crippen molar-refractivity contribution in [1.82, 2.24) is 28.6 Å². The second-order valence-electron chi connectivity index (χ2n) is 10.1. The summed E-state index contributed by atoms with van der Waals surface area (Å²) < 4.78 is 10.1. The number of ether oxygens (including phenoxy) is 1. The Morgan fingerprint density at radius 1 is 1.18 bits per heavy atom. The van der Waals surface area contributed by atoms with Crippen LogP contribution in [0.3, 0.4) is 0 Å². The van der Waals surface area contributed by atoms with Gasteiger partial charge in [-0.3, -0.25) is 13.9 Å². The number of carboxylic acid groups (broad SMARTS) is 1. The molecule has 0 bridgehead atoms. The highest BCUT2D eigenvalue weighted by molar-refractivity contribution is 6.35. The van der Waals surface area contributed by atoms with Gasteiger partial charge in [0.05, 0.1) is 17.8 Å². The number of halogens is 1. The van der Waals surface area contributed by atoms with Crippen molar-refractivity contribution in [3.63, 3.8) is 0 Å². The van der Waals surface area contributed by atoms with Crippen molar-refractivity contribution in [3.8, 4) is 0 Å². The van der Waals surface area contributed by atoms with Gasteiger partial charge in [0.2, 0.25) is 0 Å². The molecule has 1 unspecified atom stereocenters. The molecule has 3 heterocycles. The van der Waals surface area contributed by atoms with Crippen LogP contribution in [0.4, 0.5) is 9.59 Å². The van der Waals surface area contributed by atoms with E-state index in [1.165, 1.54) is 11.6 Å². The topological polar surface area (TPSA) is 142 Å². The van der Waals surface area contributed by atoms with Gasteiger partial charge in [-0.2, -0.15) is 0 Å². The molecule has 0 fully saturated rings. The summed E-state index contributed by atoms with van der Waals surface area (Å²) in [5.41, 5.74) is -1.02. The largest absolute Gasteiger partial charge is 0.464 e. The van der Waals surface area contributed by atoms with Crippen molar-refractivity contribution in [2.75, 3.05) is 6.54 Å². The Morgan fingerprint density at radius 2 is 1.87 bits per heavy atom. The van der Waals surface area contributed by atoms with E-state index in [-0.39, 0.29) is 35.9 Å². The molecule has 2 N–H and O–H groups in total. The lowest BCUT2D eigenvalue weighted by atomic mass is 10.1. The molecule has 202 valence electrons. The summed E-state index contributed by atoms with van der Waals surface area (Å²) in [6, 6.07) is 6.41. The molecule has 0 saturated carbocycles. The molecule has 3 aromatic heterocycles. The number of benzene rings is 1. The molecular formula is C25H29ClN6O6. The van der Waals surface area contributed by atoms with Crippen LogP contribution < -0.4 is 16.6 Å². The van der Waals surface area contributed by atoms with Gasteiger partial charge in [-0.05, 0) is 39.0 Å². The third kappa shape index (κ3) is 4.78. The molecule has 1 amide bonds. The summed E-state index contributed by atoms with van der Waals surface area (Å²) >= 11 is 6.26. The van der Waals surface area contributed by atoms with Crippen LogP contribution in [0.2, 0.25) is 5.02 Å². The Bertz CT molecular complexity index is 1700. The number of aromatic nitrogens is 5. The molecule has 0 aliphatic carbocycles. The van der Waals surface area contributed by atoms with Crippen molar-refractivity contribution in [3.05, 3.63) is 61.6 Å². The van der Waals surface area contributed by atoms with E-state index in [1.54, 1.807) is 56.7 Å². The van der Waals surface area contributed by atoms with Gasteiger partial charge in [-0.25, -0.2) is 23.9 Å². The molecule has 1 aromatic carbocycles. The number of carbonyl (C=O) groups is 2. The fourth-order valence-corrected chi connectivity index (χ4v) is 4.66. The Morgan fingerprint density at radius 3 is 2.50 bits per heavy atom. The Kier molecular flexibility index (Phi) is 6.87. The summed E-state index contributed by atoms with van der Waals surface area (Å²) in [7, 11) is 3.14. The third-order valence-electron chi connectivity index (χ3n) is 6.17. The van der Waals surface area contributed by atoms with Crippen molar-refractivity contribution in [2.24, 2.45) is 14.1 Å². The molecule has 4 rings (SSSR count). The zero-order valence-corrected chi connectivity index (χ0v) is 22.7. The first-order chi connectivity index (χ1) is 17.7. The summed E-state index contributed by atoms with van der Waals surface area (Å²) in [5, 5.41) is 13.4. The smallest absolute Gasteiger partial charge is 0.416 e. The first kappa shape index (κ1) is 27.0. The van der Waals surface area contributed by atoms with Gasteiger partial charge in [0.15, 0.2) is 11.2 Å². The van der Waals surface area contributed by atoms with E-state index < -0.39 is 29.0 Å². The zero-order valence-electron chi connectivity index (χ0n) is 21.9. The molecule has 0 aliphatic heterocycles. The lowest BCUT2D eigenvalue weighted by Gasteiger charge is -2.20. The van der Waals surface area contributed by atoms with Crippen LogP contribution >= 0.6 is 11.6 Å². The predicted octanol–water partition coefficient (Wildman–Crippen LogP) is 3.24. The van der Waals surface area contributed by atoms with Gasteiger partial charge in [-0.1, -0.05) is 24.6 Å². The Labute approximate surface area is 222 Å². The van der Waals surface area contributed by atoms with Crippen molar-refractivity contribution in [1.29, 1.82) is 0 Å². The first-order valence-electron chi connectivity index (χ1n) is 11.9. The van der Waals surface area contributed by atoms with Gasteiger partial charge >= 0.3 is 17.9 Å². The highest BCUT2D eigenvalue weighted by Gasteiger charge is 2.24. The summed E-state index contributed by atoms with van der Waals surface area (Å²) in [6.45, 7) is 7.00. The minimum absolute atomic E-state index is 0.169. The highest BCUT2D eigenvalue weighted by Crippen LogP contribution is 2.27. The van der Waals surface area contributed by atoms with Crippen LogP contribution in [0, 0.1) is 0 Å². The molecule has 0 saturated heterocycles. The number of nitrogens with one attached hydrogen (secondary N) is 1. The van der Waals surface area contributed by atoms with E-state index in [1.807, 2.05) is 6.92 Å². The lowest BCUT2D eigenvalue weighted by Crippen LogP contribution is -2.40. The average Bonchev–Trinajstić information content (AvgIpc) is 3.36. The molecular weight excluding hydrogens is 516 g/mol. The monoisotopic (exact) mass is 544 g/mol. The van der Waals surface area contributed by atoms with Crippen LogP contribution in [0.1, 0.15) is 45.1 Å². The third-order valence-corrected chi connectivity index (χ3v) is 6.50. The molecule has 0 aliphatic rings. The number of hydrogen-bond donors (Lipinski definition) is 2. The number of alkyl carbamates (subject to hydrolysis) is 1. The number of rotatable bonds is 5. The molecule has 0 radical (unpaired) electrons. The number of amides is 1. The fourth-order valence-electron chi connectivity index (χ4n) is 4.44. The minimum atomic E-state index is -1.27. The zero-order chi connectivity index (χ0) is 28.1.